The van der Waals surface area contributed by atoms with Crippen molar-refractivity contribution >= 4 is 16.9 Å². The van der Waals surface area contributed by atoms with Crippen molar-refractivity contribution in [2.75, 3.05) is 31.7 Å². The summed E-state index contributed by atoms with van der Waals surface area (Å²) in [6.07, 6.45) is 2.44. The number of ether oxygens (including phenoxy) is 2. The van der Waals surface area contributed by atoms with E-state index in [-0.39, 0.29) is 11.7 Å². The van der Waals surface area contributed by atoms with Crippen LogP contribution in [0.15, 0.2) is 29.1 Å². The second-order valence-corrected chi connectivity index (χ2v) is 5.07. The van der Waals surface area contributed by atoms with Crippen LogP contribution in [-0.2, 0) is 9.47 Å². The first-order valence-electron chi connectivity index (χ1n) is 7.25. The fourth-order valence-electron chi connectivity index (χ4n) is 2.40. The van der Waals surface area contributed by atoms with Crippen LogP contribution in [0.4, 0.5) is 5.95 Å². The number of benzene rings is 1. The zero-order valence-electron chi connectivity index (χ0n) is 11.8. The molecule has 0 bridgehead atoms. The summed E-state index contributed by atoms with van der Waals surface area (Å²) in [5, 5.41) is 3.67. The number of nitrogens with zero attached hydrogens (tertiary/aromatic N) is 1. The highest BCUT2D eigenvalue weighted by molar-refractivity contribution is 5.78. The quantitative estimate of drug-likeness (QED) is 0.789. The molecule has 1 aliphatic heterocycles. The first-order chi connectivity index (χ1) is 10.3. The number of anilines is 1. The Morgan fingerprint density at radius 2 is 2.33 bits per heavy atom. The Hall–Kier alpha value is -1.92. The highest BCUT2D eigenvalue weighted by Gasteiger charge is 2.14. The second-order valence-electron chi connectivity index (χ2n) is 5.07. The van der Waals surface area contributed by atoms with Crippen molar-refractivity contribution in [1.29, 1.82) is 0 Å². The van der Waals surface area contributed by atoms with E-state index >= 15 is 0 Å². The minimum absolute atomic E-state index is 0.136. The fraction of sp³-hybridized carbons (Fsp3) is 0.467. The second kappa shape index (κ2) is 6.69. The topological polar surface area (TPSA) is 76.2 Å². The smallest absolute Gasteiger partial charge is 0.260 e. The number of aromatic amines is 1. The van der Waals surface area contributed by atoms with E-state index in [1.165, 1.54) is 0 Å². The van der Waals surface area contributed by atoms with Crippen LogP contribution in [0.5, 0.6) is 0 Å². The van der Waals surface area contributed by atoms with Crippen molar-refractivity contribution < 1.29 is 9.47 Å². The van der Waals surface area contributed by atoms with E-state index in [0.29, 0.717) is 36.6 Å². The standard InChI is InChI=1S/C15H19N3O3/c19-14-12-5-1-2-6-13(12)17-15(18-14)16-7-9-20-10-11-4-3-8-21-11/h1-2,5-6,11H,3-4,7-10H2,(H2,16,17,18,19). The lowest BCUT2D eigenvalue weighted by atomic mass is 10.2. The van der Waals surface area contributed by atoms with Crippen molar-refractivity contribution in [3.05, 3.63) is 34.6 Å². The van der Waals surface area contributed by atoms with Gasteiger partial charge in [0.1, 0.15) is 0 Å². The number of para-hydroxylation sites is 1. The molecule has 1 fully saturated rings. The Labute approximate surface area is 122 Å². The van der Waals surface area contributed by atoms with Gasteiger partial charge in [0.25, 0.3) is 5.56 Å². The van der Waals surface area contributed by atoms with Gasteiger partial charge < -0.3 is 14.8 Å². The van der Waals surface area contributed by atoms with Crippen LogP contribution >= 0.6 is 0 Å². The predicted molar refractivity (Wildman–Crippen MR) is 80.6 cm³/mol. The van der Waals surface area contributed by atoms with E-state index in [9.17, 15) is 4.79 Å². The van der Waals surface area contributed by atoms with Crippen molar-refractivity contribution in [3.63, 3.8) is 0 Å². The molecule has 1 aromatic heterocycles. The Morgan fingerprint density at radius 1 is 1.43 bits per heavy atom. The number of H-pyrrole nitrogens is 1. The van der Waals surface area contributed by atoms with Gasteiger partial charge in [0.15, 0.2) is 0 Å². The molecular weight excluding hydrogens is 270 g/mol. The molecule has 1 saturated heterocycles. The van der Waals surface area contributed by atoms with E-state index < -0.39 is 0 Å². The lowest BCUT2D eigenvalue weighted by Crippen LogP contribution is -2.19. The number of nitrogens with one attached hydrogen (secondary N) is 2. The molecule has 6 heteroatoms. The molecule has 1 aromatic carbocycles. The van der Waals surface area contributed by atoms with Gasteiger partial charge in [0, 0.05) is 13.2 Å². The van der Waals surface area contributed by atoms with E-state index in [2.05, 4.69) is 15.3 Å². The molecule has 1 aliphatic rings. The summed E-state index contributed by atoms with van der Waals surface area (Å²) in [6.45, 7) is 2.61. The van der Waals surface area contributed by atoms with E-state index in [1.807, 2.05) is 18.2 Å². The average molecular weight is 289 g/mol. The van der Waals surface area contributed by atoms with Crippen LogP contribution in [0, 0.1) is 0 Å². The lowest BCUT2D eigenvalue weighted by molar-refractivity contribution is 0.0206. The van der Waals surface area contributed by atoms with Gasteiger partial charge in [-0.15, -0.1) is 0 Å². The van der Waals surface area contributed by atoms with Gasteiger partial charge in [0.05, 0.1) is 30.2 Å². The maximum absolute atomic E-state index is 11.9. The van der Waals surface area contributed by atoms with Crippen LogP contribution in [0.1, 0.15) is 12.8 Å². The first kappa shape index (κ1) is 14.0. The minimum atomic E-state index is -0.136. The van der Waals surface area contributed by atoms with Crippen molar-refractivity contribution in [1.82, 2.24) is 9.97 Å². The molecule has 1 atom stereocenters. The summed E-state index contributed by atoms with van der Waals surface area (Å²) in [7, 11) is 0. The Bertz CT molecular complexity index is 650. The molecule has 0 amide bonds. The number of hydrogen-bond donors (Lipinski definition) is 2. The Kier molecular flexibility index (Phi) is 4.47. The van der Waals surface area contributed by atoms with Gasteiger partial charge in [-0.05, 0) is 25.0 Å². The molecule has 0 spiro atoms. The highest BCUT2D eigenvalue weighted by atomic mass is 16.5. The summed E-state index contributed by atoms with van der Waals surface area (Å²) >= 11 is 0. The normalized spacial score (nSPS) is 18.2. The molecule has 0 aliphatic carbocycles. The molecule has 2 N–H and O–H groups in total. The average Bonchev–Trinajstić information content (AvgIpc) is 3.00. The zero-order valence-corrected chi connectivity index (χ0v) is 11.8. The fourth-order valence-corrected chi connectivity index (χ4v) is 2.40. The van der Waals surface area contributed by atoms with Gasteiger partial charge in [-0.3, -0.25) is 9.78 Å². The van der Waals surface area contributed by atoms with E-state index in [4.69, 9.17) is 9.47 Å². The summed E-state index contributed by atoms with van der Waals surface area (Å²) in [4.78, 5) is 19.0. The van der Waals surface area contributed by atoms with Gasteiger partial charge in [-0.1, -0.05) is 12.1 Å². The molecule has 2 aromatic rings. The van der Waals surface area contributed by atoms with Gasteiger partial charge in [-0.2, -0.15) is 0 Å². The largest absolute Gasteiger partial charge is 0.377 e. The maximum Gasteiger partial charge on any atom is 0.260 e. The van der Waals surface area contributed by atoms with E-state index in [1.54, 1.807) is 6.07 Å². The van der Waals surface area contributed by atoms with Crippen molar-refractivity contribution in [3.8, 4) is 0 Å². The SMILES string of the molecule is O=c1[nH]c(NCCOCC2CCCO2)nc2ccccc12. The molecule has 0 saturated carbocycles. The summed E-state index contributed by atoms with van der Waals surface area (Å²) in [6, 6.07) is 7.27. The minimum Gasteiger partial charge on any atom is -0.377 e. The van der Waals surface area contributed by atoms with Crippen LogP contribution in [0.25, 0.3) is 10.9 Å². The molecule has 0 radical (unpaired) electrons. The number of fused-ring (bicyclic) bond motifs is 1. The summed E-state index contributed by atoms with van der Waals surface area (Å²) in [5.74, 6) is 0.472. The molecule has 112 valence electrons. The zero-order chi connectivity index (χ0) is 14.5. The third kappa shape index (κ3) is 3.59. The van der Waals surface area contributed by atoms with Crippen LogP contribution in [0.2, 0.25) is 0 Å². The van der Waals surface area contributed by atoms with Crippen LogP contribution in [-0.4, -0.2) is 42.4 Å². The van der Waals surface area contributed by atoms with Gasteiger partial charge in [-0.25, -0.2) is 4.98 Å². The molecular formula is C15H19N3O3. The summed E-state index contributed by atoms with van der Waals surface area (Å²) in [5.41, 5.74) is 0.549. The monoisotopic (exact) mass is 289 g/mol. The van der Waals surface area contributed by atoms with Crippen molar-refractivity contribution in [2.24, 2.45) is 0 Å². The molecule has 3 rings (SSSR count). The van der Waals surface area contributed by atoms with Gasteiger partial charge >= 0.3 is 0 Å². The molecule has 6 nitrogen and oxygen atoms in total. The van der Waals surface area contributed by atoms with Crippen molar-refractivity contribution in [2.45, 2.75) is 18.9 Å². The van der Waals surface area contributed by atoms with Gasteiger partial charge in [0.2, 0.25) is 5.95 Å². The third-order valence-electron chi connectivity index (χ3n) is 3.48. The Morgan fingerprint density at radius 3 is 3.19 bits per heavy atom. The number of hydrogen-bond acceptors (Lipinski definition) is 5. The maximum atomic E-state index is 11.9. The van der Waals surface area contributed by atoms with Crippen LogP contribution < -0.4 is 10.9 Å². The van der Waals surface area contributed by atoms with Crippen LogP contribution in [0.3, 0.4) is 0 Å². The first-order valence-corrected chi connectivity index (χ1v) is 7.25. The van der Waals surface area contributed by atoms with E-state index in [0.717, 1.165) is 19.4 Å². The highest BCUT2D eigenvalue weighted by Crippen LogP contribution is 2.11. The lowest BCUT2D eigenvalue weighted by Gasteiger charge is -2.10. The molecule has 21 heavy (non-hydrogen) atoms. The number of rotatable bonds is 6. The summed E-state index contributed by atoms with van der Waals surface area (Å²) < 4.78 is 11.0. The Balaban J connectivity index is 1.50. The third-order valence-corrected chi connectivity index (χ3v) is 3.48. The predicted octanol–water partition coefficient (Wildman–Crippen LogP) is 1.53. The molecule has 2 heterocycles. The molecule has 1 unspecified atom stereocenters. The number of aromatic nitrogens is 2.